The lowest BCUT2D eigenvalue weighted by Crippen LogP contribution is -2.22. The molecular formula is C23H14F6N4O3. The molecule has 13 heteroatoms. The predicted molar refractivity (Wildman–Crippen MR) is 115 cm³/mol. The van der Waals surface area contributed by atoms with Gasteiger partial charge in [0.05, 0.1) is 17.4 Å². The highest BCUT2D eigenvalue weighted by atomic mass is 19.4. The van der Waals surface area contributed by atoms with Gasteiger partial charge in [-0.05, 0) is 30.3 Å². The number of aromatic nitrogens is 3. The molecule has 0 fully saturated rings. The molecule has 0 unspecified atom stereocenters. The van der Waals surface area contributed by atoms with E-state index in [1.807, 2.05) is 0 Å². The number of nitrogens with one attached hydrogen (secondary N) is 1. The lowest BCUT2D eigenvalue weighted by molar-refractivity contribution is -0.138. The second kappa shape index (κ2) is 9.32. The fourth-order valence-corrected chi connectivity index (χ4v) is 3.41. The van der Waals surface area contributed by atoms with Crippen molar-refractivity contribution < 1.29 is 35.9 Å². The third-order valence-corrected chi connectivity index (χ3v) is 4.95. The summed E-state index contributed by atoms with van der Waals surface area (Å²) in [6.45, 7) is 0.498. The Bertz CT molecular complexity index is 1530. The molecule has 0 aliphatic carbocycles. The van der Waals surface area contributed by atoms with E-state index in [0.29, 0.717) is 12.1 Å². The number of fused-ring (bicyclic) bond motifs is 1. The van der Waals surface area contributed by atoms with Crippen molar-refractivity contribution in [1.82, 2.24) is 14.5 Å². The molecule has 4 aromatic rings. The summed E-state index contributed by atoms with van der Waals surface area (Å²) in [5, 5.41) is 2.08. The largest absolute Gasteiger partial charge is 0.438 e. The van der Waals surface area contributed by atoms with E-state index in [-0.39, 0.29) is 22.6 Å². The van der Waals surface area contributed by atoms with E-state index in [4.69, 9.17) is 4.74 Å². The number of ether oxygens (including phenoxy) is 1. The lowest BCUT2D eigenvalue weighted by Gasteiger charge is -2.17. The minimum Gasteiger partial charge on any atom is -0.438 e. The van der Waals surface area contributed by atoms with Crippen LogP contribution in [0.1, 0.15) is 18.1 Å². The SMILES string of the molecule is CC(=O)Nc1nc(=O)c2cc(Oc3ncccc3C(F)(F)F)ccc2n1Cc1c(F)cc(F)cc1F. The van der Waals surface area contributed by atoms with Crippen molar-refractivity contribution in [2.75, 3.05) is 5.32 Å². The molecule has 0 spiro atoms. The topological polar surface area (TPSA) is 86.1 Å². The average molecular weight is 508 g/mol. The number of rotatable bonds is 5. The Morgan fingerprint density at radius 1 is 1.08 bits per heavy atom. The molecule has 2 heterocycles. The smallest absolute Gasteiger partial charge is 0.421 e. The fraction of sp³-hybridized carbons (Fsp3) is 0.130. The molecule has 36 heavy (non-hydrogen) atoms. The molecule has 7 nitrogen and oxygen atoms in total. The summed E-state index contributed by atoms with van der Waals surface area (Å²) in [4.78, 5) is 31.6. The van der Waals surface area contributed by atoms with Crippen LogP contribution in [0.15, 0.2) is 53.5 Å². The second-order valence-corrected chi connectivity index (χ2v) is 7.49. The van der Waals surface area contributed by atoms with Gasteiger partial charge in [-0.3, -0.25) is 14.9 Å². The molecule has 186 valence electrons. The van der Waals surface area contributed by atoms with Crippen LogP contribution in [0, 0.1) is 17.5 Å². The Kier molecular flexibility index (Phi) is 6.39. The Balaban J connectivity index is 1.85. The van der Waals surface area contributed by atoms with Crippen LogP contribution < -0.4 is 15.6 Å². The summed E-state index contributed by atoms with van der Waals surface area (Å²) in [5.41, 5.74) is -2.64. The minimum absolute atomic E-state index is 0.00582. The number of benzene rings is 2. The number of amides is 1. The predicted octanol–water partition coefficient (Wildman–Crippen LogP) is 5.03. The van der Waals surface area contributed by atoms with E-state index in [1.54, 1.807) is 0 Å². The molecule has 2 aromatic carbocycles. The molecule has 1 amide bonds. The van der Waals surface area contributed by atoms with E-state index in [1.165, 1.54) is 12.1 Å². The maximum atomic E-state index is 14.3. The number of hydrogen-bond donors (Lipinski definition) is 1. The monoisotopic (exact) mass is 508 g/mol. The molecule has 4 rings (SSSR count). The van der Waals surface area contributed by atoms with Gasteiger partial charge in [0.15, 0.2) is 0 Å². The minimum atomic E-state index is -4.76. The van der Waals surface area contributed by atoms with Gasteiger partial charge in [0, 0.05) is 30.8 Å². The maximum Gasteiger partial charge on any atom is 0.421 e. The van der Waals surface area contributed by atoms with Crippen molar-refractivity contribution in [3.8, 4) is 11.6 Å². The second-order valence-electron chi connectivity index (χ2n) is 7.49. The van der Waals surface area contributed by atoms with Crippen LogP contribution in [0.5, 0.6) is 11.6 Å². The first-order valence-electron chi connectivity index (χ1n) is 10.1. The van der Waals surface area contributed by atoms with Crippen LogP contribution >= 0.6 is 0 Å². The number of alkyl halides is 3. The first-order chi connectivity index (χ1) is 16.9. The van der Waals surface area contributed by atoms with Crippen molar-refractivity contribution in [3.63, 3.8) is 0 Å². The van der Waals surface area contributed by atoms with Crippen LogP contribution in [0.4, 0.5) is 32.3 Å². The molecule has 0 aliphatic heterocycles. The number of carbonyl (C=O) groups is 1. The van der Waals surface area contributed by atoms with Crippen molar-refractivity contribution in [1.29, 1.82) is 0 Å². The van der Waals surface area contributed by atoms with E-state index in [0.717, 1.165) is 35.9 Å². The fourth-order valence-electron chi connectivity index (χ4n) is 3.41. The third kappa shape index (κ3) is 4.99. The molecule has 1 N–H and O–H groups in total. The Morgan fingerprint density at radius 2 is 1.78 bits per heavy atom. The molecule has 0 radical (unpaired) electrons. The third-order valence-electron chi connectivity index (χ3n) is 4.95. The van der Waals surface area contributed by atoms with Crippen LogP contribution in [0.25, 0.3) is 10.9 Å². The van der Waals surface area contributed by atoms with E-state index < -0.39 is 58.6 Å². The first-order valence-corrected chi connectivity index (χ1v) is 10.1. The van der Waals surface area contributed by atoms with Crippen LogP contribution in [0.2, 0.25) is 0 Å². The van der Waals surface area contributed by atoms with Gasteiger partial charge in [-0.2, -0.15) is 18.2 Å². The van der Waals surface area contributed by atoms with Crippen molar-refractivity contribution >= 4 is 22.8 Å². The lowest BCUT2D eigenvalue weighted by atomic mass is 10.1. The molecule has 0 saturated carbocycles. The Hall–Kier alpha value is -4.42. The highest BCUT2D eigenvalue weighted by Gasteiger charge is 2.35. The number of halogens is 6. The van der Waals surface area contributed by atoms with Gasteiger partial charge >= 0.3 is 6.18 Å². The summed E-state index contributed by atoms with van der Waals surface area (Å²) in [6.07, 6.45) is -3.67. The maximum absolute atomic E-state index is 14.3. The summed E-state index contributed by atoms with van der Waals surface area (Å²) in [6, 6.07) is 6.28. The molecule has 0 saturated heterocycles. The first kappa shape index (κ1) is 24.7. The van der Waals surface area contributed by atoms with Crippen molar-refractivity contribution in [2.45, 2.75) is 19.6 Å². The average Bonchev–Trinajstić information content (AvgIpc) is 2.77. The van der Waals surface area contributed by atoms with Gasteiger partial charge < -0.3 is 9.30 Å². The zero-order chi connectivity index (χ0) is 26.2. The van der Waals surface area contributed by atoms with Gasteiger partial charge in [-0.15, -0.1) is 0 Å². The van der Waals surface area contributed by atoms with Crippen LogP contribution in [-0.2, 0) is 17.5 Å². The normalized spacial score (nSPS) is 11.5. The van der Waals surface area contributed by atoms with Gasteiger partial charge in [0.25, 0.3) is 5.56 Å². The standard InChI is InChI=1S/C23H14F6N4O3/c1-11(34)31-22-32-20(35)14-9-13(36-21-16(23(27,28)29)3-2-6-30-21)4-5-19(14)33(22)10-15-17(25)7-12(24)8-18(15)26/h2-9H,10H2,1H3,(H,31,32,34,35). The number of carbonyl (C=O) groups excluding carboxylic acids is 1. The molecule has 0 aliphatic rings. The molecule has 2 aromatic heterocycles. The Labute approximate surface area is 198 Å². The summed E-state index contributed by atoms with van der Waals surface area (Å²) in [5.74, 6) is -5.56. The van der Waals surface area contributed by atoms with Crippen LogP contribution in [0.3, 0.4) is 0 Å². The summed E-state index contributed by atoms with van der Waals surface area (Å²) < 4.78 is 88.1. The quantitative estimate of drug-likeness (QED) is 0.383. The van der Waals surface area contributed by atoms with Crippen molar-refractivity contribution in [2.24, 2.45) is 0 Å². The zero-order valence-corrected chi connectivity index (χ0v) is 18.2. The zero-order valence-electron chi connectivity index (χ0n) is 18.2. The van der Waals surface area contributed by atoms with E-state index >= 15 is 0 Å². The highest BCUT2D eigenvalue weighted by Crippen LogP contribution is 2.37. The van der Waals surface area contributed by atoms with Crippen LogP contribution in [-0.4, -0.2) is 20.4 Å². The number of hydrogen-bond acceptors (Lipinski definition) is 5. The van der Waals surface area contributed by atoms with Gasteiger partial charge in [-0.25, -0.2) is 18.2 Å². The van der Waals surface area contributed by atoms with Gasteiger partial charge in [-0.1, -0.05) is 0 Å². The number of nitrogens with zero attached hydrogens (tertiary/aromatic N) is 3. The van der Waals surface area contributed by atoms with E-state index in [9.17, 15) is 35.9 Å². The Morgan fingerprint density at radius 3 is 2.42 bits per heavy atom. The number of anilines is 1. The highest BCUT2D eigenvalue weighted by molar-refractivity contribution is 5.89. The van der Waals surface area contributed by atoms with Gasteiger partial charge in [0.2, 0.25) is 17.7 Å². The number of pyridine rings is 1. The van der Waals surface area contributed by atoms with Crippen molar-refractivity contribution in [3.05, 3.63) is 87.6 Å². The summed E-state index contributed by atoms with van der Waals surface area (Å²) >= 11 is 0. The molecular weight excluding hydrogens is 494 g/mol. The molecule has 0 bridgehead atoms. The van der Waals surface area contributed by atoms with E-state index in [2.05, 4.69) is 15.3 Å². The van der Waals surface area contributed by atoms with Gasteiger partial charge in [0.1, 0.15) is 28.8 Å². The molecule has 0 atom stereocenters. The summed E-state index contributed by atoms with van der Waals surface area (Å²) in [7, 11) is 0.